The summed E-state index contributed by atoms with van der Waals surface area (Å²) in [7, 11) is 0. The average molecular weight is 606 g/mol. The Balaban J connectivity index is 1.37. The fourth-order valence-electron chi connectivity index (χ4n) is 7.66. The van der Waals surface area contributed by atoms with Crippen molar-refractivity contribution in [1.82, 2.24) is 9.80 Å². The Morgan fingerprint density at radius 2 is 1.43 bits per heavy atom. The van der Waals surface area contributed by atoms with Gasteiger partial charge in [0.25, 0.3) is 0 Å². The number of amides is 3. The third kappa shape index (κ3) is 4.42. The van der Waals surface area contributed by atoms with Crippen molar-refractivity contribution >= 4 is 35.2 Å². The van der Waals surface area contributed by atoms with E-state index in [2.05, 4.69) is 6.08 Å². The minimum atomic E-state index is -0.999. The van der Waals surface area contributed by atoms with Crippen LogP contribution in [0.5, 0.6) is 0 Å². The molecule has 7 rings (SSSR count). The molecule has 4 heterocycles. The molecule has 4 aliphatic rings. The van der Waals surface area contributed by atoms with Gasteiger partial charge in [0, 0.05) is 30.1 Å². The van der Waals surface area contributed by atoms with Crippen LogP contribution in [0.4, 0.5) is 5.69 Å². The molecule has 44 heavy (non-hydrogen) atoms. The minimum absolute atomic E-state index is 0.126. The molecule has 224 valence electrons. The van der Waals surface area contributed by atoms with Crippen molar-refractivity contribution in [2.24, 2.45) is 11.8 Å². The van der Waals surface area contributed by atoms with Crippen molar-refractivity contribution < 1.29 is 19.5 Å². The number of benzene rings is 3. The van der Waals surface area contributed by atoms with Gasteiger partial charge in [0.05, 0.1) is 29.2 Å². The largest absolute Gasteiger partial charge is 0.394 e. The molecule has 1 unspecified atom stereocenters. The van der Waals surface area contributed by atoms with Crippen LogP contribution in [0, 0.1) is 11.8 Å². The summed E-state index contributed by atoms with van der Waals surface area (Å²) in [5.74, 6) is -2.07. The number of carbonyl (C=O) groups is 3. The lowest BCUT2D eigenvalue weighted by Crippen LogP contribution is -2.54. The molecule has 0 aliphatic carbocycles. The smallest absolute Gasteiger partial charge is 0.247 e. The summed E-state index contributed by atoms with van der Waals surface area (Å²) in [6, 6.07) is 27.1. The van der Waals surface area contributed by atoms with Crippen molar-refractivity contribution in [2.75, 3.05) is 24.6 Å². The normalized spacial score (nSPS) is 30.1. The molecule has 8 heteroatoms. The summed E-state index contributed by atoms with van der Waals surface area (Å²) in [6.45, 7) is 2.86. The summed E-state index contributed by atoms with van der Waals surface area (Å²) in [4.78, 5) is 49.5. The molecule has 3 aromatic rings. The number of rotatable bonds is 6. The number of nitrogens with zero attached hydrogens (tertiary/aromatic N) is 3. The Bertz CT molecular complexity index is 1630. The van der Waals surface area contributed by atoms with Gasteiger partial charge in [0.1, 0.15) is 6.04 Å². The zero-order valence-corrected chi connectivity index (χ0v) is 25.3. The van der Waals surface area contributed by atoms with Gasteiger partial charge in [-0.15, -0.1) is 11.8 Å². The highest BCUT2D eigenvalue weighted by molar-refractivity contribution is 8.02. The summed E-state index contributed by atoms with van der Waals surface area (Å²) < 4.78 is -1.72. The molecule has 4 aliphatic heterocycles. The van der Waals surface area contributed by atoms with E-state index in [-0.39, 0.29) is 24.3 Å². The van der Waals surface area contributed by atoms with Gasteiger partial charge in [-0.1, -0.05) is 103 Å². The standard InChI is InChI=1S/C36H35N3O4S/c1-35-19-11-22-38(27-17-9-4-10-18-27)32(41)29(35)30-33(42)39(28(24-40)26-15-7-3-8-16-26)31-34(43)37(21-12-20-36(30,31)44-35)23-25-13-5-2-6-14-25/h2-20,28-31,40H,21-24H2,1H3/t28-,29+,30+,31?,35-,36+/m1/s1. The van der Waals surface area contributed by atoms with Crippen LogP contribution in [0.3, 0.4) is 0 Å². The monoisotopic (exact) mass is 605 g/mol. The Morgan fingerprint density at radius 1 is 0.795 bits per heavy atom. The fourth-order valence-corrected chi connectivity index (χ4v) is 9.80. The number of para-hydroxylation sites is 1. The lowest BCUT2D eigenvalue weighted by atomic mass is 9.74. The molecule has 0 aromatic heterocycles. The second-order valence-electron chi connectivity index (χ2n) is 12.1. The number of thioether (sulfide) groups is 1. The molecule has 0 radical (unpaired) electrons. The first kappa shape index (κ1) is 28.6. The maximum absolute atomic E-state index is 14.9. The van der Waals surface area contributed by atoms with E-state index in [0.29, 0.717) is 19.6 Å². The number of aliphatic hydroxyl groups excluding tert-OH is 1. The van der Waals surface area contributed by atoms with Crippen molar-refractivity contribution in [2.45, 2.75) is 35.0 Å². The molecule has 7 nitrogen and oxygen atoms in total. The van der Waals surface area contributed by atoms with Crippen LogP contribution in [0.15, 0.2) is 115 Å². The van der Waals surface area contributed by atoms with E-state index >= 15 is 0 Å². The first-order valence-electron chi connectivity index (χ1n) is 15.1. The average Bonchev–Trinajstić information content (AvgIpc) is 3.32. The number of aliphatic hydroxyl groups is 1. The lowest BCUT2D eigenvalue weighted by Gasteiger charge is -2.40. The van der Waals surface area contributed by atoms with Gasteiger partial charge >= 0.3 is 0 Å². The molecular weight excluding hydrogens is 570 g/mol. The van der Waals surface area contributed by atoms with Crippen LogP contribution in [-0.4, -0.2) is 67.9 Å². The first-order valence-corrected chi connectivity index (χ1v) is 15.9. The van der Waals surface area contributed by atoms with Crippen LogP contribution < -0.4 is 4.90 Å². The van der Waals surface area contributed by atoms with E-state index < -0.39 is 33.4 Å². The molecule has 2 saturated heterocycles. The summed E-state index contributed by atoms with van der Waals surface area (Å²) in [5, 5.41) is 10.8. The van der Waals surface area contributed by atoms with Gasteiger partial charge in [-0.2, -0.15) is 0 Å². The van der Waals surface area contributed by atoms with Crippen molar-refractivity contribution in [3.8, 4) is 0 Å². The molecule has 3 aromatic carbocycles. The van der Waals surface area contributed by atoms with Crippen molar-refractivity contribution in [3.63, 3.8) is 0 Å². The number of carbonyl (C=O) groups excluding carboxylic acids is 3. The number of hydrogen-bond donors (Lipinski definition) is 1. The van der Waals surface area contributed by atoms with Gasteiger partial charge in [0.15, 0.2) is 0 Å². The van der Waals surface area contributed by atoms with Gasteiger partial charge < -0.3 is 19.8 Å². The summed E-state index contributed by atoms with van der Waals surface area (Å²) in [6.07, 6.45) is 8.10. The van der Waals surface area contributed by atoms with E-state index in [9.17, 15) is 19.5 Å². The fraction of sp³-hybridized carbons (Fsp3) is 0.306. The van der Waals surface area contributed by atoms with Crippen molar-refractivity contribution in [3.05, 3.63) is 126 Å². The summed E-state index contributed by atoms with van der Waals surface area (Å²) in [5.41, 5.74) is 2.52. The Hall–Kier alpha value is -4.14. The maximum atomic E-state index is 14.9. The van der Waals surface area contributed by atoms with Crippen LogP contribution in [0.25, 0.3) is 0 Å². The van der Waals surface area contributed by atoms with Gasteiger partial charge in [0.2, 0.25) is 17.7 Å². The van der Waals surface area contributed by atoms with Crippen LogP contribution in [0.2, 0.25) is 0 Å². The topological polar surface area (TPSA) is 81.2 Å². The molecule has 2 fully saturated rings. The van der Waals surface area contributed by atoms with Crippen LogP contribution in [0.1, 0.15) is 24.1 Å². The highest BCUT2D eigenvalue weighted by Crippen LogP contribution is 2.66. The molecule has 1 N–H and O–H groups in total. The molecular formula is C36H35N3O4S. The van der Waals surface area contributed by atoms with E-state index in [1.165, 1.54) is 0 Å². The highest BCUT2D eigenvalue weighted by atomic mass is 32.2. The minimum Gasteiger partial charge on any atom is -0.394 e. The van der Waals surface area contributed by atoms with E-state index in [4.69, 9.17) is 0 Å². The molecule has 1 spiro atoms. The van der Waals surface area contributed by atoms with Crippen LogP contribution in [-0.2, 0) is 20.9 Å². The second-order valence-corrected chi connectivity index (χ2v) is 13.9. The third-order valence-corrected chi connectivity index (χ3v) is 11.4. The number of fused-ring (bicyclic) bond motifs is 2. The zero-order valence-electron chi connectivity index (χ0n) is 24.5. The molecule has 0 saturated carbocycles. The third-order valence-electron chi connectivity index (χ3n) is 9.56. The zero-order chi connectivity index (χ0) is 30.5. The molecule has 6 atom stereocenters. The second kappa shape index (κ2) is 11.1. The predicted molar refractivity (Wildman–Crippen MR) is 172 cm³/mol. The quantitative estimate of drug-likeness (QED) is 0.416. The van der Waals surface area contributed by atoms with E-state index in [0.717, 1.165) is 16.8 Å². The van der Waals surface area contributed by atoms with Gasteiger partial charge in [-0.05, 0) is 30.2 Å². The van der Waals surface area contributed by atoms with E-state index in [1.807, 2.05) is 116 Å². The number of likely N-dealkylation sites (tertiary alicyclic amines) is 1. The Kier molecular flexibility index (Phi) is 7.22. The number of anilines is 1. The Labute approximate surface area is 261 Å². The van der Waals surface area contributed by atoms with Gasteiger partial charge in [-0.25, -0.2) is 0 Å². The number of hydrogen-bond acceptors (Lipinski definition) is 5. The summed E-state index contributed by atoms with van der Waals surface area (Å²) >= 11 is 1.56. The SMILES string of the molecule is C[C@@]12C=CCN(c3ccccc3)C(=O)[C@@H]1[C@H]1C(=O)N([C@H](CO)c3ccccc3)C3C(=O)N(Cc4ccccc4)CC=C[C@@]31S2. The van der Waals surface area contributed by atoms with Gasteiger partial charge in [-0.3, -0.25) is 14.4 Å². The highest BCUT2D eigenvalue weighted by Gasteiger charge is 2.74. The molecule has 0 bridgehead atoms. The van der Waals surface area contributed by atoms with E-state index in [1.54, 1.807) is 26.5 Å². The van der Waals surface area contributed by atoms with Crippen molar-refractivity contribution in [1.29, 1.82) is 0 Å². The van der Waals surface area contributed by atoms with Crippen LogP contribution >= 0.6 is 11.8 Å². The predicted octanol–water partition coefficient (Wildman–Crippen LogP) is 4.61. The lowest BCUT2D eigenvalue weighted by molar-refractivity contribution is -0.146. The molecule has 3 amide bonds. The Morgan fingerprint density at radius 3 is 2.11 bits per heavy atom. The maximum Gasteiger partial charge on any atom is 0.247 e. The first-order chi connectivity index (χ1) is 21.4.